The zero-order chi connectivity index (χ0) is 16.7. The van der Waals surface area contributed by atoms with Crippen LogP contribution in [0.3, 0.4) is 0 Å². The first-order valence-electron chi connectivity index (χ1n) is 7.24. The number of benzene rings is 1. The van der Waals surface area contributed by atoms with Gasteiger partial charge in [0.2, 0.25) is 5.13 Å². The molecule has 1 saturated carbocycles. The van der Waals surface area contributed by atoms with Gasteiger partial charge in [0.15, 0.2) is 0 Å². The van der Waals surface area contributed by atoms with Gasteiger partial charge in [-0.25, -0.2) is 4.68 Å². The van der Waals surface area contributed by atoms with E-state index in [-0.39, 0.29) is 5.91 Å². The quantitative estimate of drug-likeness (QED) is 0.738. The first kappa shape index (κ1) is 15.6. The minimum absolute atomic E-state index is 0.245. The Morgan fingerprint density at radius 1 is 1.33 bits per heavy atom. The Balaban J connectivity index is 1.74. The number of carbonyl (C=O) groups is 1. The summed E-state index contributed by atoms with van der Waals surface area (Å²) in [7, 11) is 0. The first-order chi connectivity index (χ1) is 11.6. The van der Waals surface area contributed by atoms with Crippen LogP contribution in [0.25, 0.3) is 5.69 Å². The van der Waals surface area contributed by atoms with Gasteiger partial charge in [-0.05, 0) is 31.0 Å². The molecule has 3 aromatic rings. The number of amides is 1. The van der Waals surface area contributed by atoms with Crippen LogP contribution in [0.2, 0.25) is 10.0 Å². The van der Waals surface area contributed by atoms with Gasteiger partial charge in [0.1, 0.15) is 5.51 Å². The zero-order valence-corrected chi connectivity index (χ0v) is 14.6. The fourth-order valence-electron chi connectivity index (χ4n) is 2.52. The SMILES string of the molecule is O=C(Nc1nncs1)c1cnn(-c2ccc(Cl)cc2Cl)c1C1CC1. The van der Waals surface area contributed by atoms with Crippen LogP contribution in [0.4, 0.5) is 5.13 Å². The number of nitrogens with zero attached hydrogens (tertiary/aromatic N) is 4. The maximum absolute atomic E-state index is 12.6. The van der Waals surface area contributed by atoms with E-state index in [1.165, 1.54) is 11.3 Å². The predicted octanol–water partition coefficient (Wildman–Crippen LogP) is 4.16. The third-order valence-corrected chi connectivity index (χ3v) is 4.88. The highest BCUT2D eigenvalue weighted by atomic mass is 35.5. The predicted molar refractivity (Wildman–Crippen MR) is 93.4 cm³/mol. The van der Waals surface area contributed by atoms with E-state index >= 15 is 0 Å². The summed E-state index contributed by atoms with van der Waals surface area (Å²) in [6, 6.07) is 5.22. The summed E-state index contributed by atoms with van der Waals surface area (Å²) in [5.41, 5.74) is 3.66. The molecule has 0 spiro atoms. The Morgan fingerprint density at radius 2 is 2.17 bits per heavy atom. The molecule has 1 fully saturated rings. The molecule has 122 valence electrons. The van der Waals surface area contributed by atoms with Gasteiger partial charge in [0.05, 0.1) is 28.2 Å². The summed E-state index contributed by atoms with van der Waals surface area (Å²) in [5.74, 6) is 0.0550. The van der Waals surface area contributed by atoms with Crippen LogP contribution in [0.1, 0.15) is 34.8 Å². The molecular weight excluding hydrogens is 369 g/mol. The van der Waals surface area contributed by atoms with Crippen LogP contribution in [-0.4, -0.2) is 25.9 Å². The first-order valence-corrected chi connectivity index (χ1v) is 8.88. The zero-order valence-electron chi connectivity index (χ0n) is 12.2. The van der Waals surface area contributed by atoms with E-state index in [9.17, 15) is 4.79 Å². The summed E-state index contributed by atoms with van der Waals surface area (Å²) >= 11 is 13.5. The van der Waals surface area contributed by atoms with Crippen molar-refractivity contribution in [3.63, 3.8) is 0 Å². The molecule has 1 aromatic carbocycles. The Kier molecular flexibility index (Phi) is 3.99. The molecule has 0 bridgehead atoms. The van der Waals surface area contributed by atoms with Gasteiger partial charge in [0.25, 0.3) is 5.91 Å². The van der Waals surface area contributed by atoms with Crippen molar-refractivity contribution < 1.29 is 4.79 Å². The summed E-state index contributed by atoms with van der Waals surface area (Å²) < 4.78 is 1.73. The molecule has 1 N–H and O–H groups in total. The van der Waals surface area contributed by atoms with E-state index in [4.69, 9.17) is 23.2 Å². The van der Waals surface area contributed by atoms with Crippen molar-refractivity contribution in [2.75, 3.05) is 5.32 Å². The van der Waals surface area contributed by atoms with Crippen molar-refractivity contribution in [2.24, 2.45) is 0 Å². The summed E-state index contributed by atoms with van der Waals surface area (Å²) in [5, 5.41) is 16.2. The fraction of sp³-hybridized carbons (Fsp3) is 0.200. The number of halogens is 2. The average molecular weight is 380 g/mol. The second-order valence-electron chi connectivity index (χ2n) is 5.42. The molecule has 1 aliphatic rings. The number of rotatable bonds is 4. The van der Waals surface area contributed by atoms with E-state index in [0.717, 1.165) is 18.5 Å². The van der Waals surface area contributed by atoms with Crippen molar-refractivity contribution in [1.29, 1.82) is 0 Å². The van der Waals surface area contributed by atoms with Crippen molar-refractivity contribution in [2.45, 2.75) is 18.8 Å². The number of nitrogens with one attached hydrogen (secondary N) is 1. The molecule has 1 aliphatic carbocycles. The molecular formula is C15H11Cl2N5OS. The Bertz CT molecular complexity index is 905. The Morgan fingerprint density at radius 3 is 2.83 bits per heavy atom. The summed E-state index contributed by atoms with van der Waals surface area (Å²) in [4.78, 5) is 12.6. The lowest BCUT2D eigenvalue weighted by Crippen LogP contribution is -2.14. The standard InChI is InChI=1S/C15H11Cl2N5OS/c16-9-3-4-12(11(17)5-9)22-13(8-1-2-8)10(6-19-22)14(23)20-15-21-18-7-24-15/h3-8H,1-2H2,(H,20,21,23). The lowest BCUT2D eigenvalue weighted by molar-refractivity contribution is 0.102. The van der Waals surface area contributed by atoms with Crippen LogP contribution in [-0.2, 0) is 0 Å². The lowest BCUT2D eigenvalue weighted by atomic mass is 10.1. The molecule has 0 aliphatic heterocycles. The van der Waals surface area contributed by atoms with Gasteiger partial charge in [-0.1, -0.05) is 34.5 Å². The minimum Gasteiger partial charge on any atom is -0.296 e. The maximum Gasteiger partial charge on any atom is 0.260 e. The second-order valence-corrected chi connectivity index (χ2v) is 7.10. The average Bonchev–Trinajstić information content (AvgIpc) is 3.07. The Hall–Kier alpha value is -1.96. The van der Waals surface area contributed by atoms with E-state index in [1.807, 2.05) is 0 Å². The molecule has 9 heteroatoms. The van der Waals surface area contributed by atoms with Gasteiger partial charge in [0, 0.05) is 10.9 Å². The Labute approximate surface area is 151 Å². The largest absolute Gasteiger partial charge is 0.296 e. The van der Waals surface area contributed by atoms with Crippen molar-refractivity contribution in [1.82, 2.24) is 20.0 Å². The molecule has 0 radical (unpaired) electrons. The molecule has 2 aromatic heterocycles. The normalized spacial score (nSPS) is 13.9. The summed E-state index contributed by atoms with van der Waals surface area (Å²) in [6.07, 6.45) is 3.61. The van der Waals surface area contributed by atoms with Gasteiger partial charge in [-0.15, -0.1) is 10.2 Å². The smallest absolute Gasteiger partial charge is 0.260 e. The van der Waals surface area contributed by atoms with Crippen LogP contribution >= 0.6 is 34.5 Å². The summed E-state index contributed by atoms with van der Waals surface area (Å²) in [6.45, 7) is 0. The number of hydrogen-bond donors (Lipinski definition) is 1. The van der Waals surface area contributed by atoms with Crippen LogP contribution < -0.4 is 5.32 Å². The van der Waals surface area contributed by atoms with Crippen molar-refractivity contribution in [3.8, 4) is 5.69 Å². The highest BCUT2D eigenvalue weighted by molar-refractivity contribution is 7.13. The van der Waals surface area contributed by atoms with Gasteiger partial charge in [-0.2, -0.15) is 5.10 Å². The lowest BCUT2D eigenvalue weighted by Gasteiger charge is -2.10. The van der Waals surface area contributed by atoms with E-state index in [1.54, 1.807) is 34.6 Å². The molecule has 6 nitrogen and oxygen atoms in total. The maximum atomic E-state index is 12.6. The van der Waals surface area contributed by atoms with Crippen LogP contribution in [0.15, 0.2) is 29.9 Å². The molecule has 4 rings (SSSR count). The molecule has 24 heavy (non-hydrogen) atoms. The molecule has 0 unspecified atom stereocenters. The molecule has 0 atom stereocenters. The number of hydrogen-bond acceptors (Lipinski definition) is 5. The third kappa shape index (κ3) is 2.90. The second kappa shape index (κ2) is 6.16. The fourth-order valence-corrected chi connectivity index (χ4v) is 3.45. The van der Waals surface area contributed by atoms with Gasteiger partial charge < -0.3 is 0 Å². The van der Waals surface area contributed by atoms with Crippen LogP contribution in [0, 0.1) is 0 Å². The third-order valence-electron chi connectivity index (χ3n) is 3.73. The van der Waals surface area contributed by atoms with Crippen LogP contribution in [0.5, 0.6) is 0 Å². The minimum atomic E-state index is -0.245. The number of carbonyl (C=O) groups excluding carboxylic acids is 1. The monoisotopic (exact) mass is 379 g/mol. The van der Waals surface area contributed by atoms with E-state index in [0.29, 0.717) is 32.3 Å². The highest BCUT2D eigenvalue weighted by Crippen LogP contribution is 2.43. The van der Waals surface area contributed by atoms with Gasteiger partial charge >= 0.3 is 0 Å². The molecule has 0 saturated heterocycles. The molecule has 1 amide bonds. The molecule has 2 heterocycles. The topological polar surface area (TPSA) is 72.7 Å². The van der Waals surface area contributed by atoms with E-state index in [2.05, 4.69) is 20.6 Å². The number of aromatic nitrogens is 4. The van der Waals surface area contributed by atoms with Crippen molar-refractivity contribution >= 4 is 45.6 Å². The number of anilines is 1. The van der Waals surface area contributed by atoms with Crippen molar-refractivity contribution in [3.05, 3.63) is 51.2 Å². The van der Waals surface area contributed by atoms with E-state index < -0.39 is 0 Å². The highest BCUT2D eigenvalue weighted by Gasteiger charge is 2.33. The van der Waals surface area contributed by atoms with Gasteiger partial charge in [-0.3, -0.25) is 10.1 Å².